The van der Waals surface area contributed by atoms with Gasteiger partial charge in [0, 0.05) is 17.1 Å². The molecule has 0 fully saturated rings. The standard InChI is InChI=1S/C14H17ClN2O/c1-10(7-12-3-5-13(15)6-4-12)16-9-14-8-11(2)17-18-14/h3-6,8,10,16H,7,9H2,1-2H3. The summed E-state index contributed by atoms with van der Waals surface area (Å²) in [5.41, 5.74) is 2.19. The first-order valence-corrected chi connectivity index (χ1v) is 6.41. The van der Waals surface area contributed by atoms with Crippen LogP contribution in [-0.4, -0.2) is 11.2 Å². The van der Waals surface area contributed by atoms with Gasteiger partial charge in [-0.1, -0.05) is 28.9 Å². The zero-order valence-electron chi connectivity index (χ0n) is 10.6. The summed E-state index contributed by atoms with van der Waals surface area (Å²) >= 11 is 5.86. The maximum atomic E-state index is 5.86. The second-order valence-electron chi connectivity index (χ2n) is 4.55. The van der Waals surface area contributed by atoms with Crippen molar-refractivity contribution in [1.82, 2.24) is 10.5 Å². The Hall–Kier alpha value is -1.32. The number of hydrogen-bond donors (Lipinski definition) is 1. The molecule has 0 aliphatic rings. The molecule has 0 aliphatic heterocycles. The van der Waals surface area contributed by atoms with Crippen LogP contribution in [0.1, 0.15) is 23.9 Å². The van der Waals surface area contributed by atoms with Gasteiger partial charge in [0.1, 0.15) is 0 Å². The molecule has 0 saturated carbocycles. The molecule has 1 aromatic carbocycles. The lowest BCUT2D eigenvalue weighted by atomic mass is 10.1. The smallest absolute Gasteiger partial charge is 0.150 e. The van der Waals surface area contributed by atoms with Gasteiger partial charge in [0.2, 0.25) is 0 Å². The van der Waals surface area contributed by atoms with E-state index in [1.807, 2.05) is 25.1 Å². The Bertz CT molecular complexity index is 493. The molecule has 0 aliphatic carbocycles. The Kier molecular flexibility index (Phi) is 4.39. The normalized spacial score (nSPS) is 12.6. The van der Waals surface area contributed by atoms with Gasteiger partial charge in [-0.05, 0) is 38.0 Å². The van der Waals surface area contributed by atoms with Crippen LogP contribution in [0.5, 0.6) is 0 Å². The summed E-state index contributed by atoms with van der Waals surface area (Å²) in [6.45, 7) is 4.78. The van der Waals surface area contributed by atoms with Crippen molar-refractivity contribution in [1.29, 1.82) is 0 Å². The molecule has 4 heteroatoms. The highest BCUT2D eigenvalue weighted by Crippen LogP contribution is 2.11. The van der Waals surface area contributed by atoms with E-state index < -0.39 is 0 Å². The van der Waals surface area contributed by atoms with E-state index in [1.54, 1.807) is 0 Å². The van der Waals surface area contributed by atoms with Crippen LogP contribution >= 0.6 is 11.6 Å². The lowest BCUT2D eigenvalue weighted by molar-refractivity contribution is 0.362. The second kappa shape index (κ2) is 6.03. The lowest BCUT2D eigenvalue weighted by Crippen LogP contribution is -2.27. The van der Waals surface area contributed by atoms with Gasteiger partial charge < -0.3 is 9.84 Å². The first-order valence-electron chi connectivity index (χ1n) is 6.03. The van der Waals surface area contributed by atoms with Crippen molar-refractivity contribution in [3.63, 3.8) is 0 Å². The van der Waals surface area contributed by atoms with E-state index in [4.69, 9.17) is 16.1 Å². The third kappa shape index (κ3) is 3.86. The Morgan fingerprint density at radius 2 is 2.06 bits per heavy atom. The molecule has 1 unspecified atom stereocenters. The van der Waals surface area contributed by atoms with E-state index in [9.17, 15) is 0 Å². The minimum absolute atomic E-state index is 0.372. The molecule has 1 atom stereocenters. The SMILES string of the molecule is Cc1cc(CNC(C)Cc2ccc(Cl)cc2)on1. The predicted octanol–water partition coefficient (Wildman–Crippen LogP) is 3.36. The Morgan fingerprint density at radius 3 is 2.67 bits per heavy atom. The summed E-state index contributed by atoms with van der Waals surface area (Å²) in [5.74, 6) is 0.871. The number of benzene rings is 1. The molecule has 2 rings (SSSR count). The molecule has 0 amide bonds. The summed E-state index contributed by atoms with van der Waals surface area (Å²) in [7, 11) is 0. The molecule has 0 radical (unpaired) electrons. The number of hydrogen-bond acceptors (Lipinski definition) is 3. The highest BCUT2D eigenvalue weighted by atomic mass is 35.5. The van der Waals surface area contributed by atoms with E-state index in [0.29, 0.717) is 12.6 Å². The molecule has 96 valence electrons. The van der Waals surface area contributed by atoms with Gasteiger partial charge in [0.05, 0.1) is 12.2 Å². The minimum Gasteiger partial charge on any atom is -0.360 e. The van der Waals surface area contributed by atoms with Crippen LogP contribution in [0.4, 0.5) is 0 Å². The van der Waals surface area contributed by atoms with Gasteiger partial charge in [-0.2, -0.15) is 0 Å². The van der Waals surface area contributed by atoms with Crippen molar-refractivity contribution in [2.45, 2.75) is 32.9 Å². The van der Waals surface area contributed by atoms with E-state index in [1.165, 1.54) is 5.56 Å². The quantitative estimate of drug-likeness (QED) is 0.900. The first-order chi connectivity index (χ1) is 8.63. The number of aryl methyl sites for hydroxylation is 1. The fourth-order valence-electron chi connectivity index (χ4n) is 1.82. The van der Waals surface area contributed by atoms with Crippen molar-refractivity contribution in [2.24, 2.45) is 0 Å². The van der Waals surface area contributed by atoms with E-state index in [2.05, 4.69) is 29.5 Å². The number of halogens is 1. The summed E-state index contributed by atoms with van der Waals surface area (Å²) in [6, 6.07) is 10.3. The molecule has 0 spiro atoms. The van der Waals surface area contributed by atoms with Crippen LogP contribution < -0.4 is 5.32 Å². The number of nitrogens with zero attached hydrogens (tertiary/aromatic N) is 1. The van der Waals surface area contributed by atoms with Gasteiger partial charge in [0.25, 0.3) is 0 Å². The lowest BCUT2D eigenvalue weighted by Gasteiger charge is -2.12. The van der Waals surface area contributed by atoms with Gasteiger partial charge in [-0.15, -0.1) is 0 Å². The van der Waals surface area contributed by atoms with Crippen LogP contribution in [0.25, 0.3) is 0 Å². The fraction of sp³-hybridized carbons (Fsp3) is 0.357. The molecule has 0 bridgehead atoms. The van der Waals surface area contributed by atoms with Crippen molar-refractivity contribution in [3.05, 3.63) is 52.4 Å². The average molecular weight is 265 g/mol. The first kappa shape index (κ1) is 13.1. The molecule has 1 N–H and O–H groups in total. The number of nitrogens with one attached hydrogen (secondary N) is 1. The fourth-order valence-corrected chi connectivity index (χ4v) is 1.95. The van der Waals surface area contributed by atoms with Crippen molar-refractivity contribution in [2.75, 3.05) is 0 Å². The van der Waals surface area contributed by atoms with Crippen molar-refractivity contribution >= 4 is 11.6 Å². The minimum atomic E-state index is 0.372. The zero-order chi connectivity index (χ0) is 13.0. The number of rotatable bonds is 5. The molecule has 0 saturated heterocycles. The third-order valence-corrected chi connectivity index (χ3v) is 3.01. The molecule has 18 heavy (non-hydrogen) atoms. The molecular weight excluding hydrogens is 248 g/mol. The van der Waals surface area contributed by atoms with Crippen molar-refractivity contribution in [3.8, 4) is 0 Å². The molecule has 3 nitrogen and oxygen atoms in total. The molecule has 1 aromatic heterocycles. The molecular formula is C14H17ClN2O. The third-order valence-electron chi connectivity index (χ3n) is 2.76. The maximum Gasteiger partial charge on any atom is 0.150 e. The zero-order valence-corrected chi connectivity index (χ0v) is 11.4. The van der Waals surface area contributed by atoms with Crippen molar-refractivity contribution < 1.29 is 4.52 Å². The largest absolute Gasteiger partial charge is 0.360 e. The summed E-state index contributed by atoms with van der Waals surface area (Å²) in [4.78, 5) is 0. The van der Waals surface area contributed by atoms with Crippen LogP contribution in [0.2, 0.25) is 5.02 Å². The monoisotopic (exact) mass is 264 g/mol. The van der Waals surface area contributed by atoms with Gasteiger partial charge in [-0.25, -0.2) is 0 Å². The average Bonchev–Trinajstić information content (AvgIpc) is 2.76. The summed E-state index contributed by atoms with van der Waals surface area (Å²) in [5, 5.41) is 8.04. The molecule has 1 heterocycles. The van der Waals surface area contributed by atoms with E-state index in [-0.39, 0.29) is 0 Å². The molecule has 2 aromatic rings. The van der Waals surface area contributed by atoms with Crippen LogP contribution in [0.3, 0.4) is 0 Å². The summed E-state index contributed by atoms with van der Waals surface area (Å²) in [6.07, 6.45) is 0.963. The van der Waals surface area contributed by atoms with E-state index in [0.717, 1.165) is 22.9 Å². The Labute approximate surface area is 112 Å². The topological polar surface area (TPSA) is 38.1 Å². The highest BCUT2D eigenvalue weighted by Gasteiger charge is 2.05. The summed E-state index contributed by atoms with van der Waals surface area (Å²) < 4.78 is 5.15. The highest BCUT2D eigenvalue weighted by molar-refractivity contribution is 6.30. The van der Waals surface area contributed by atoms with Gasteiger partial charge >= 0.3 is 0 Å². The van der Waals surface area contributed by atoms with Crippen LogP contribution in [0.15, 0.2) is 34.9 Å². The van der Waals surface area contributed by atoms with Gasteiger partial charge in [-0.3, -0.25) is 0 Å². The second-order valence-corrected chi connectivity index (χ2v) is 4.98. The Balaban J connectivity index is 1.81. The Morgan fingerprint density at radius 1 is 1.33 bits per heavy atom. The number of aromatic nitrogens is 1. The van der Waals surface area contributed by atoms with E-state index >= 15 is 0 Å². The maximum absolute atomic E-state index is 5.86. The van der Waals surface area contributed by atoms with Crippen LogP contribution in [-0.2, 0) is 13.0 Å². The predicted molar refractivity (Wildman–Crippen MR) is 72.7 cm³/mol. The van der Waals surface area contributed by atoms with Gasteiger partial charge in [0.15, 0.2) is 5.76 Å². The van der Waals surface area contributed by atoms with Crippen LogP contribution in [0, 0.1) is 6.92 Å².